The number of hydrogen-bond donors (Lipinski definition) is 0. The summed E-state index contributed by atoms with van der Waals surface area (Å²) in [5, 5.41) is 0.865. The molecule has 1 aliphatic rings. The summed E-state index contributed by atoms with van der Waals surface area (Å²) >= 11 is 0. The summed E-state index contributed by atoms with van der Waals surface area (Å²) in [5.74, 6) is -0.362. The molecule has 1 heterocycles. The average Bonchev–Trinajstić information content (AvgIpc) is 2.43. The normalized spacial score (nSPS) is 14.9. The van der Waals surface area contributed by atoms with Crippen molar-refractivity contribution in [3.05, 3.63) is 65.4 Å². The first kappa shape index (κ1) is 11.5. The van der Waals surface area contributed by atoms with Gasteiger partial charge in [0.25, 0.3) is 0 Å². The van der Waals surface area contributed by atoms with E-state index < -0.39 is 0 Å². The SMILES string of the molecule is C/C=C/C1=CC(=O)c2nc3ccccc3cc2C1=O. The molecule has 3 heteroatoms. The number of pyridine rings is 1. The van der Waals surface area contributed by atoms with E-state index in [-0.39, 0.29) is 17.3 Å². The summed E-state index contributed by atoms with van der Waals surface area (Å²) < 4.78 is 0. The number of allylic oxidation sites excluding steroid dienone is 4. The molecule has 1 aromatic carbocycles. The van der Waals surface area contributed by atoms with Crippen LogP contribution < -0.4 is 0 Å². The van der Waals surface area contributed by atoms with E-state index in [1.54, 1.807) is 18.2 Å². The average molecular weight is 249 g/mol. The van der Waals surface area contributed by atoms with Crippen LogP contribution >= 0.6 is 0 Å². The van der Waals surface area contributed by atoms with E-state index in [1.165, 1.54) is 6.08 Å². The minimum absolute atomic E-state index is 0.147. The number of Topliss-reactive ketones (excluding diaryl/α,β-unsaturated/α-hetero) is 1. The van der Waals surface area contributed by atoms with Gasteiger partial charge in [-0.25, -0.2) is 4.98 Å². The monoisotopic (exact) mass is 249 g/mol. The van der Waals surface area contributed by atoms with Crippen LogP contribution in [0.15, 0.2) is 54.1 Å². The van der Waals surface area contributed by atoms with Gasteiger partial charge in [0.2, 0.25) is 5.78 Å². The highest BCUT2D eigenvalue weighted by Crippen LogP contribution is 2.24. The highest BCUT2D eigenvalue weighted by Gasteiger charge is 2.25. The Labute approximate surface area is 110 Å². The standard InChI is InChI=1S/C16H11NO2/c1-2-5-11-9-14(18)15-12(16(11)19)8-10-6-3-4-7-13(10)17-15/h2-9H,1H3/b5-2+. The molecule has 3 nitrogen and oxygen atoms in total. The molecule has 0 spiro atoms. The second-order valence-electron chi connectivity index (χ2n) is 4.37. The van der Waals surface area contributed by atoms with Crippen molar-refractivity contribution in [1.82, 2.24) is 4.98 Å². The van der Waals surface area contributed by atoms with Crippen molar-refractivity contribution in [1.29, 1.82) is 0 Å². The Kier molecular flexibility index (Phi) is 2.60. The van der Waals surface area contributed by atoms with Gasteiger partial charge in [-0.15, -0.1) is 0 Å². The zero-order valence-corrected chi connectivity index (χ0v) is 10.4. The van der Waals surface area contributed by atoms with E-state index in [9.17, 15) is 9.59 Å². The van der Waals surface area contributed by atoms with Crippen molar-refractivity contribution in [3.63, 3.8) is 0 Å². The number of benzene rings is 1. The van der Waals surface area contributed by atoms with Crippen LogP contribution in [0, 0.1) is 0 Å². The highest BCUT2D eigenvalue weighted by atomic mass is 16.1. The number of aromatic nitrogens is 1. The molecule has 0 saturated carbocycles. The quantitative estimate of drug-likeness (QED) is 0.780. The van der Waals surface area contributed by atoms with Crippen LogP contribution in [0.2, 0.25) is 0 Å². The molecule has 0 amide bonds. The molecule has 92 valence electrons. The third-order valence-corrected chi connectivity index (χ3v) is 3.10. The van der Waals surface area contributed by atoms with Gasteiger partial charge in [-0.1, -0.05) is 30.4 Å². The molecule has 0 radical (unpaired) electrons. The minimum Gasteiger partial charge on any atom is -0.289 e. The number of hydrogen-bond acceptors (Lipinski definition) is 3. The molecule has 3 rings (SSSR count). The lowest BCUT2D eigenvalue weighted by Crippen LogP contribution is -2.17. The Hall–Kier alpha value is -2.55. The first-order valence-corrected chi connectivity index (χ1v) is 6.04. The van der Waals surface area contributed by atoms with Gasteiger partial charge >= 0.3 is 0 Å². The Morgan fingerprint density at radius 1 is 1.16 bits per heavy atom. The van der Waals surface area contributed by atoms with Gasteiger partial charge in [-0.3, -0.25) is 9.59 Å². The lowest BCUT2D eigenvalue weighted by atomic mass is 9.92. The van der Waals surface area contributed by atoms with E-state index in [0.29, 0.717) is 11.1 Å². The molecule has 0 bridgehead atoms. The van der Waals surface area contributed by atoms with Crippen molar-refractivity contribution in [2.75, 3.05) is 0 Å². The fourth-order valence-electron chi connectivity index (χ4n) is 2.21. The van der Waals surface area contributed by atoms with Gasteiger partial charge in [0.15, 0.2) is 5.78 Å². The van der Waals surface area contributed by atoms with Gasteiger partial charge in [-0.05, 0) is 25.1 Å². The van der Waals surface area contributed by atoms with Gasteiger partial charge in [0.05, 0.1) is 11.1 Å². The maximum Gasteiger partial charge on any atom is 0.205 e. The topological polar surface area (TPSA) is 47.0 Å². The Balaban J connectivity index is 2.27. The van der Waals surface area contributed by atoms with Crippen molar-refractivity contribution in [3.8, 4) is 0 Å². The van der Waals surface area contributed by atoms with Gasteiger partial charge in [-0.2, -0.15) is 0 Å². The van der Waals surface area contributed by atoms with Gasteiger partial charge < -0.3 is 0 Å². The molecular weight excluding hydrogens is 238 g/mol. The molecule has 0 atom stereocenters. The van der Waals surface area contributed by atoms with Crippen molar-refractivity contribution >= 4 is 22.5 Å². The smallest absolute Gasteiger partial charge is 0.205 e. The largest absolute Gasteiger partial charge is 0.289 e. The van der Waals surface area contributed by atoms with Gasteiger partial charge in [0.1, 0.15) is 5.69 Å². The van der Waals surface area contributed by atoms with Gasteiger partial charge in [0, 0.05) is 11.0 Å². The van der Waals surface area contributed by atoms with Crippen molar-refractivity contribution < 1.29 is 9.59 Å². The van der Waals surface area contributed by atoms with Crippen LogP contribution in [0.25, 0.3) is 10.9 Å². The molecule has 0 fully saturated rings. The molecule has 1 aliphatic carbocycles. The number of ketones is 2. The zero-order valence-electron chi connectivity index (χ0n) is 10.4. The molecule has 0 unspecified atom stereocenters. The summed E-state index contributed by atoms with van der Waals surface area (Å²) in [7, 11) is 0. The lowest BCUT2D eigenvalue weighted by molar-refractivity contribution is 0.0984. The first-order valence-electron chi connectivity index (χ1n) is 6.04. The number of fused-ring (bicyclic) bond motifs is 2. The molecule has 0 saturated heterocycles. The molecule has 0 aliphatic heterocycles. The fourth-order valence-corrected chi connectivity index (χ4v) is 2.21. The second kappa shape index (κ2) is 4.28. The summed E-state index contributed by atoms with van der Waals surface area (Å²) in [4.78, 5) is 28.6. The minimum atomic E-state index is -0.214. The second-order valence-corrected chi connectivity index (χ2v) is 4.37. The molecule has 0 N–H and O–H groups in total. The Bertz CT molecular complexity index is 769. The maximum absolute atomic E-state index is 12.3. The number of carbonyl (C=O) groups excluding carboxylic acids is 2. The number of nitrogens with zero attached hydrogens (tertiary/aromatic N) is 1. The van der Waals surface area contributed by atoms with Crippen LogP contribution in [0.4, 0.5) is 0 Å². The molecular formula is C16H11NO2. The fraction of sp³-hybridized carbons (Fsp3) is 0.0625. The number of para-hydroxylation sites is 1. The summed E-state index contributed by atoms with van der Waals surface area (Å²) in [6.45, 7) is 1.81. The predicted octanol–water partition coefficient (Wildman–Crippen LogP) is 3.12. The predicted molar refractivity (Wildman–Crippen MR) is 73.3 cm³/mol. The molecule has 19 heavy (non-hydrogen) atoms. The Morgan fingerprint density at radius 2 is 1.95 bits per heavy atom. The van der Waals surface area contributed by atoms with Crippen molar-refractivity contribution in [2.45, 2.75) is 6.92 Å². The lowest BCUT2D eigenvalue weighted by Gasteiger charge is -2.13. The van der Waals surface area contributed by atoms with Crippen LogP contribution in [0.3, 0.4) is 0 Å². The van der Waals surface area contributed by atoms with E-state index in [2.05, 4.69) is 4.98 Å². The van der Waals surface area contributed by atoms with E-state index >= 15 is 0 Å². The highest BCUT2D eigenvalue weighted by molar-refractivity contribution is 6.25. The van der Waals surface area contributed by atoms with E-state index in [4.69, 9.17) is 0 Å². The van der Waals surface area contributed by atoms with Crippen LogP contribution in [0.5, 0.6) is 0 Å². The van der Waals surface area contributed by atoms with E-state index in [0.717, 1.165) is 10.9 Å². The van der Waals surface area contributed by atoms with Crippen LogP contribution in [-0.4, -0.2) is 16.6 Å². The number of carbonyl (C=O) groups is 2. The maximum atomic E-state index is 12.3. The zero-order chi connectivity index (χ0) is 13.4. The molecule has 1 aromatic heterocycles. The first-order chi connectivity index (χ1) is 9.20. The van der Waals surface area contributed by atoms with E-state index in [1.807, 2.05) is 31.2 Å². The summed E-state index contributed by atoms with van der Waals surface area (Å²) in [5.41, 5.74) is 1.78. The third kappa shape index (κ3) is 1.80. The number of rotatable bonds is 1. The summed E-state index contributed by atoms with van der Waals surface area (Å²) in [6.07, 6.45) is 4.75. The third-order valence-electron chi connectivity index (χ3n) is 3.10. The summed E-state index contributed by atoms with van der Waals surface area (Å²) in [6, 6.07) is 9.20. The van der Waals surface area contributed by atoms with Crippen LogP contribution in [-0.2, 0) is 0 Å². The van der Waals surface area contributed by atoms with Crippen molar-refractivity contribution in [2.24, 2.45) is 0 Å². The molecule has 2 aromatic rings. The van der Waals surface area contributed by atoms with Crippen LogP contribution in [0.1, 0.15) is 27.8 Å². The Morgan fingerprint density at radius 3 is 2.74 bits per heavy atom.